The van der Waals surface area contributed by atoms with Crippen LogP contribution in [0.15, 0.2) is 24.3 Å². The Kier molecular flexibility index (Phi) is 11.5. The van der Waals surface area contributed by atoms with E-state index in [9.17, 15) is 29.4 Å². The maximum Gasteiger partial charge on any atom is 0.326 e. The van der Waals surface area contributed by atoms with Gasteiger partial charge in [-0.3, -0.25) is 14.4 Å². The molecule has 0 bridgehead atoms. The maximum absolute atomic E-state index is 13.0. The molecule has 1 aromatic carbocycles. The van der Waals surface area contributed by atoms with Gasteiger partial charge in [-0.1, -0.05) is 52.7 Å². The summed E-state index contributed by atoms with van der Waals surface area (Å²) in [5.74, 6) is -3.27. The lowest BCUT2D eigenvalue weighted by molar-refractivity contribution is -0.143. The van der Waals surface area contributed by atoms with Gasteiger partial charge in [0.1, 0.15) is 23.9 Å². The number of aliphatic carboxylic acids is 1. The minimum atomic E-state index is -1.17. The maximum atomic E-state index is 13.0. The second-order valence-corrected chi connectivity index (χ2v) is 8.78. The molecule has 34 heavy (non-hydrogen) atoms. The first kappa shape index (κ1) is 28.9. The first-order valence-electron chi connectivity index (χ1n) is 11.6. The molecule has 6 unspecified atom stereocenters. The molecule has 1 rings (SSSR count). The van der Waals surface area contributed by atoms with Gasteiger partial charge in [0, 0.05) is 6.42 Å². The zero-order valence-electron chi connectivity index (χ0n) is 20.5. The summed E-state index contributed by atoms with van der Waals surface area (Å²) in [4.78, 5) is 49.8. The van der Waals surface area contributed by atoms with Gasteiger partial charge in [0.25, 0.3) is 0 Å². The molecule has 1 aromatic rings. The number of hydrogen-bond donors (Lipinski definition) is 6. The number of nitrogens with two attached hydrogens (primary N) is 1. The third kappa shape index (κ3) is 8.66. The van der Waals surface area contributed by atoms with Crippen LogP contribution in [0, 0.1) is 11.8 Å². The molecule has 3 amide bonds. The highest BCUT2D eigenvalue weighted by Gasteiger charge is 2.31. The molecule has 0 spiro atoms. The van der Waals surface area contributed by atoms with E-state index in [1.807, 2.05) is 20.8 Å². The topological polar surface area (TPSA) is 171 Å². The second-order valence-electron chi connectivity index (χ2n) is 8.78. The molecule has 0 saturated heterocycles. The Morgan fingerprint density at radius 3 is 1.91 bits per heavy atom. The fourth-order valence-electron chi connectivity index (χ4n) is 3.20. The van der Waals surface area contributed by atoms with Crippen molar-refractivity contribution in [3.05, 3.63) is 29.8 Å². The van der Waals surface area contributed by atoms with E-state index in [2.05, 4.69) is 16.0 Å². The van der Waals surface area contributed by atoms with Crippen LogP contribution in [0.4, 0.5) is 0 Å². The summed E-state index contributed by atoms with van der Waals surface area (Å²) in [6.07, 6.45) is 1.29. The predicted octanol–water partition coefficient (Wildman–Crippen LogP) is 0.913. The van der Waals surface area contributed by atoms with Crippen LogP contribution in [0.2, 0.25) is 0 Å². The van der Waals surface area contributed by atoms with E-state index >= 15 is 0 Å². The van der Waals surface area contributed by atoms with E-state index in [1.54, 1.807) is 19.1 Å². The summed E-state index contributed by atoms with van der Waals surface area (Å²) >= 11 is 0. The summed E-state index contributed by atoms with van der Waals surface area (Å²) < 4.78 is 0. The highest BCUT2D eigenvalue weighted by atomic mass is 16.4. The largest absolute Gasteiger partial charge is 0.508 e. The van der Waals surface area contributed by atoms with Crippen LogP contribution in [0.5, 0.6) is 5.75 Å². The molecule has 0 aliphatic rings. The predicted molar refractivity (Wildman–Crippen MR) is 128 cm³/mol. The number of nitrogens with one attached hydrogen (secondary N) is 3. The monoisotopic (exact) mass is 478 g/mol. The summed E-state index contributed by atoms with van der Waals surface area (Å²) in [5, 5.41) is 26.7. The van der Waals surface area contributed by atoms with Crippen molar-refractivity contribution in [3.63, 3.8) is 0 Å². The molecule has 10 nitrogen and oxygen atoms in total. The van der Waals surface area contributed by atoms with Gasteiger partial charge in [0.05, 0.1) is 6.04 Å². The molecule has 0 aromatic heterocycles. The highest BCUT2D eigenvalue weighted by Crippen LogP contribution is 2.13. The molecule has 190 valence electrons. The van der Waals surface area contributed by atoms with E-state index in [1.165, 1.54) is 19.1 Å². The van der Waals surface area contributed by atoms with Gasteiger partial charge in [-0.25, -0.2) is 4.79 Å². The van der Waals surface area contributed by atoms with Gasteiger partial charge < -0.3 is 31.9 Å². The van der Waals surface area contributed by atoms with E-state index < -0.39 is 47.9 Å². The Bertz CT molecular complexity index is 844. The third-order valence-corrected chi connectivity index (χ3v) is 6.10. The molecule has 0 heterocycles. The molecular formula is C24H38N4O6. The second kappa shape index (κ2) is 13.5. The van der Waals surface area contributed by atoms with Gasteiger partial charge >= 0.3 is 5.97 Å². The fraction of sp³-hybridized carbons (Fsp3) is 0.583. The zero-order valence-corrected chi connectivity index (χ0v) is 20.5. The Morgan fingerprint density at radius 1 is 0.853 bits per heavy atom. The Labute approximate surface area is 200 Å². The molecule has 0 radical (unpaired) electrons. The molecule has 6 atom stereocenters. The van der Waals surface area contributed by atoms with Gasteiger partial charge in [-0.05, 0) is 36.5 Å². The number of rotatable bonds is 13. The Hall–Kier alpha value is -3.14. The number of amides is 3. The standard InChI is InChI=1S/C24H38N4O6/c1-6-13(3)19(25)23(32)26-15(5)21(30)27-18(12-16-8-10-17(29)11-9-16)22(31)28-20(24(33)34)14(4)7-2/h8-11,13-15,18-20,29H,6-7,12,25H2,1-5H3,(H,26,32)(H,27,30)(H,28,31)(H,33,34). The van der Waals surface area contributed by atoms with Crippen LogP contribution in [0.25, 0.3) is 0 Å². The van der Waals surface area contributed by atoms with Crippen LogP contribution in [0.1, 0.15) is 53.0 Å². The lowest BCUT2D eigenvalue weighted by Gasteiger charge is -2.26. The van der Waals surface area contributed by atoms with Gasteiger partial charge in [0.15, 0.2) is 0 Å². The molecule has 0 fully saturated rings. The number of carbonyl (C=O) groups is 4. The number of hydrogen-bond acceptors (Lipinski definition) is 6. The Balaban J connectivity index is 3.02. The normalized spacial score (nSPS) is 16.3. The van der Waals surface area contributed by atoms with Crippen molar-refractivity contribution in [3.8, 4) is 5.75 Å². The summed E-state index contributed by atoms with van der Waals surface area (Å²) in [6.45, 7) is 8.75. The quantitative estimate of drug-likeness (QED) is 0.245. The van der Waals surface area contributed by atoms with Crippen molar-refractivity contribution >= 4 is 23.7 Å². The van der Waals surface area contributed by atoms with Crippen LogP contribution in [-0.4, -0.2) is 58.1 Å². The minimum absolute atomic E-state index is 0.0467. The number of carboxylic acid groups (broad SMARTS) is 1. The SMILES string of the molecule is CCC(C)C(N)C(=O)NC(C)C(=O)NC(Cc1ccc(O)cc1)C(=O)NC(C(=O)O)C(C)CC. The lowest BCUT2D eigenvalue weighted by atomic mass is 9.98. The van der Waals surface area contributed by atoms with Crippen LogP contribution >= 0.6 is 0 Å². The van der Waals surface area contributed by atoms with Crippen LogP contribution in [0.3, 0.4) is 0 Å². The number of phenolic OH excluding ortho intramolecular Hbond substituents is 1. The van der Waals surface area contributed by atoms with E-state index in [-0.39, 0.29) is 24.0 Å². The average molecular weight is 479 g/mol. The number of benzene rings is 1. The molecule has 0 aliphatic heterocycles. The number of aromatic hydroxyl groups is 1. The van der Waals surface area contributed by atoms with Gasteiger partial charge in [-0.15, -0.1) is 0 Å². The third-order valence-electron chi connectivity index (χ3n) is 6.10. The molecule has 10 heteroatoms. The van der Waals surface area contributed by atoms with Crippen molar-refractivity contribution in [2.24, 2.45) is 17.6 Å². The van der Waals surface area contributed by atoms with E-state index in [0.29, 0.717) is 18.4 Å². The lowest BCUT2D eigenvalue weighted by Crippen LogP contribution is -2.58. The zero-order chi connectivity index (χ0) is 26.0. The first-order valence-corrected chi connectivity index (χ1v) is 11.6. The van der Waals surface area contributed by atoms with Crippen LogP contribution < -0.4 is 21.7 Å². The van der Waals surface area contributed by atoms with Gasteiger partial charge in [0.2, 0.25) is 17.7 Å². The summed E-state index contributed by atoms with van der Waals surface area (Å²) in [6, 6.07) is 2.12. The van der Waals surface area contributed by atoms with Gasteiger partial charge in [-0.2, -0.15) is 0 Å². The van der Waals surface area contributed by atoms with Crippen molar-refractivity contribution in [2.45, 2.75) is 78.0 Å². The van der Waals surface area contributed by atoms with Crippen molar-refractivity contribution in [2.75, 3.05) is 0 Å². The molecule has 7 N–H and O–H groups in total. The van der Waals surface area contributed by atoms with E-state index in [4.69, 9.17) is 5.73 Å². The molecular weight excluding hydrogens is 440 g/mol. The van der Waals surface area contributed by atoms with Crippen molar-refractivity contribution in [1.82, 2.24) is 16.0 Å². The van der Waals surface area contributed by atoms with E-state index in [0.717, 1.165) is 0 Å². The number of carboxylic acids is 1. The minimum Gasteiger partial charge on any atom is -0.508 e. The highest BCUT2D eigenvalue weighted by molar-refractivity contribution is 5.94. The summed E-state index contributed by atoms with van der Waals surface area (Å²) in [5.41, 5.74) is 6.57. The van der Waals surface area contributed by atoms with Crippen molar-refractivity contribution < 1.29 is 29.4 Å². The number of phenols is 1. The fourth-order valence-corrected chi connectivity index (χ4v) is 3.20. The molecule has 0 aliphatic carbocycles. The average Bonchev–Trinajstić information content (AvgIpc) is 2.81. The summed E-state index contributed by atoms with van der Waals surface area (Å²) in [7, 11) is 0. The smallest absolute Gasteiger partial charge is 0.326 e. The van der Waals surface area contributed by atoms with Crippen molar-refractivity contribution in [1.29, 1.82) is 0 Å². The first-order chi connectivity index (χ1) is 15.9. The Morgan fingerprint density at radius 2 is 1.41 bits per heavy atom. The molecule has 0 saturated carbocycles. The van der Waals surface area contributed by atoms with Crippen LogP contribution in [-0.2, 0) is 25.6 Å². The number of carbonyl (C=O) groups excluding carboxylic acids is 3.